The lowest BCUT2D eigenvalue weighted by Gasteiger charge is -2.26. The van der Waals surface area contributed by atoms with E-state index in [1.807, 2.05) is 24.3 Å². The quantitative estimate of drug-likeness (QED) is 0.906. The Morgan fingerprint density at radius 2 is 1.85 bits per heavy atom. The molecule has 0 aromatic heterocycles. The minimum absolute atomic E-state index is 0.110. The maximum Gasteiger partial charge on any atom is 0.147 e. The summed E-state index contributed by atoms with van der Waals surface area (Å²) in [6.07, 6.45) is 0. The molecule has 0 saturated carbocycles. The van der Waals surface area contributed by atoms with E-state index < -0.39 is 5.82 Å². The molecule has 0 aliphatic rings. The summed E-state index contributed by atoms with van der Waals surface area (Å²) in [6.45, 7) is 4.83. The van der Waals surface area contributed by atoms with E-state index in [-0.39, 0.29) is 5.41 Å². The number of anilines is 1. The van der Waals surface area contributed by atoms with Crippen LogP contribution in [0.4, 0.5) is 10.1 Å². The third kappa shape index (κ3) is 3.16. The lowest BCUT2D eigenvalue weighted by atomic mass is 9.84. The predicted octanol–water partition coefficient (Wildman–Crippen LogP) is 4.09. The summed E-state index contributed by atoms with van der Waals surface area (Å²) in [5.41, 5.74) is 1.84. The van der Waals surface area contributed by atoms with Crippen LogP contribution in [0.15, 0.2) is 48.5 Å². The molecule has 0 atom stereocenters. The topological polar surface area (TPSA) is 35.8 Å². The molecule has 2 rings (SSSR count). The van der Waals surface area contributed by atoms with Gasteiger partial charge in [0, 0.05) is 12.0 Å². The summed E-state index contributed by atoms with van der Waals surface area (Å²) < 4.78 is 13.8. The van der Waals surface area contributed by atoms with E-state index in [1.54, 1.807) is 12.1 Å². The molecule has 0 bridgehead atoms. The van der Waals surface area contributed by atoms with Gasteiger partial charge in [0.2, 0.25) is 0 Å². The lowest BCUT2D eigenvalue weighted by molar-refractivity contribution is 0.553. The summed E-state index contributed by atoms with van der Waals surface area (Å²) in [7, 11) is 0. The molecule has 0 aliphatic carbocycles. The zero-order valence-electron chi connectivity index (χ0n) is 11.7. The highest BCUT2D eigenvalue weighted by Crippen LogP contribution is 2.24. The Hall–Kier alpha value is -2.34. The Labute approximate surface area is 118 Å². The molecule has 0 radical (unpaired) electrons. The first-order chi connectivity index (χ1) is 9.53. The normalized spacial score (nSPS) is 10.9. The molecule has 20 heavy (non-hydrogen) atoms. The van der Waals surface area contributed by atoms with Gasteiger partial charge >= 0.3 is 0 Å². The van der Waals surface area contributed by atoms with Gasteiger partial charge in [-0.05, 0) is 23.8 Å². The van der Waals surface area contributed by atoms with Gasteiger partial charge in [-0.25, -0.2) is 4.39 Å². The number of hydrogen-bond acceptors (Lipinski definition) is 2. The molecule has 2 aromatic carbocycles. The van der Waals surface area contributed by atoms with Crippen LogP contribution in [0, 0.1) is 17.1 Å². The maximum absolute atomic E-state index is 13.8. The van der Waals surface area contributed by atoms with Crippen molar-refractivity contribution in [3.63, 3.8) is 0 Å². The van der Waals surface area contributed by atoms with Crippen molar-refractivity contribution in [2.24, 2.45) is 0 Å². The fraction of sp³-hybridized carbons (Fsp3) is 0.235. The molecule has 102 valence electrons. The molecule has 2 aromatic rings. The lowest BCUT2D eigenvalue weighted by Crippen LogP contribution is -2.27. The first-order valence-electron chi connectivity index (χ1n) is 6.52. The molecule has 0 unspecified atom stereocenters. The molecule has 3 heteroatoms. The van der Waals surface area contributed by atoms with Gasteiger partial charge in [-0.3, -0.25) is 0 Å². The highest BCUT2D eigenvalue weighted by Gasteiger charge is 2.20. The number of nitriles is 1. The van der Waals surface area contributed by atoms with Crippen molar-refractivity contribution >= 4 is 5.69 Å². The number of rotatable bonds is 4. The summed E-state index contributed by atoms with van der Waals surface area (Å²) in [5.74, 6) is -0.395. The molecule has 0 aliphatic heterocycles. The van der Waals surface area contributed by atoms with Crippen LogP contribution in [0.1, 0.15) is 25.0 Å². The highest BCUT2D eigenvalue weighted by molar-refractivity contribution is 5.49. The van der Waals surface area contributed by atoms with E-state index >= 15 is 0 Å². The smallest absolute Gasteiger partial charge is 0.147 e. The van der Waals surface area contributed by atoms with Crippen molar-refractivity contribution in [1.82, 2.24) is 0 Å². The minimum Gasteiger partial charge on any atom is -0.382 e. The molecular weight excluding hydrogens is 251 g/mol. The van der Waals surface area contributed by atoms with Crippen LogP contribution in [0.5, 0.6) is 0 Å². The highest BCUT2D eigenvalue weighted by atomic mass is 19.1. The second-order valence-corrected chi connectivity index (χ2v) is 5.41. The molecule has 0 fully saturated rings. The van der Waals surface area contributed by atoms with E-state index in [9.17, 15) is 4.39 Å². The van der Waals surface area contributed by atoms with Crippen molar-refractivity contribution < 1.29 is 4.39 Å². The van der Waals surface area contributed by atoms with Crippen LogP contribution in [-0.4, -0.2) is 6.54 Å². The van der Waals surface area contributed by atoms with E-state index in [0.717, 1.165) is 0 Å². The van der Waals surface area contributed by atoms with Crippen LogP contribution < -0.4 is 5.32 Å². The largest absolute Gasteiger partial charge is 0.382 e. The van der Waals surface area contributed by atoms with E-state index in [0.29, 0.717) is 17.8 Å². The Bertz CT molecular complexity index is 627. The van der Waals surface area contributed by atoms with Gasteiger partial charge < -0.3 is 5.32 Å². The molecule has 2 nitrogen and oxygen atoms in total. The number of nitrogens with one attached hydrogen (secondary N) is 1. The number of hydrogen-bond donors (Lipinski definition) is 1. The summed E-state index contributed by atoms with van der Waals surface area (Å²) in [5, 5.41) is 11.8. The number of halogens is 1. The molecule has 1 N–H and O–H groups in total. The Balaban J connectivity index is 2.11. The van der Waals surface area contributed by atoms with Crippen molar-refractivity contribution in [2.75, 3.05) is 11.9 Å². The standard InChI is InChI=1S/C17H17FN2/c1-17(2,14-6-4-3-5-7-14)12-20-16-9-8-13(11-19)10-15(16)18/h3-10,20H,12H2,1-2H3. The molecule has 0 amide bonds. The van der Waals surface area contributed by atoms with Crippen LogP contribution >= 0.6 is 0 Å². The third-order valence-electron chi connectivity index (χ3n) is 3.37. The number of nitrogens with zero attached hydrogens (tertiary/aromatic N) is 1. The van der Waals surface area contributed by atoms with Gasteiger partial charge in [0.25, 0.3) is 0 Å². The van der Waals surface area contributed by atoms with Crippen LogP contribution in [0.25, 0.3) is 0 Å². The fourth-order valence-corrected chi connectivity index (χ4v) is 2.04. The van der Waals surface area contributed by atoms with Crippen LogP contribution in [0.3, 0.4) is 0 Å². The second kappa shape index (κ2) is 5.75. The summed E-state index contributed by atoms with van der Waals surface area (Å²) in [6, 6.07) is 16.5. The minimum atomic E-state index is -0.395. The number of benzene rings is 2. The summed E-state index contributed by atoms with van der Waals surface area (Å²) >= 11 is 0. The second-order valence-electron chi connectivity index (χ2n) is 5.41. The average molecular weight is 268 g/mol. The van der Waals surface area contributed by atoms with E-state index in [4.69, 9.17) is 5.26 Å². The van der Waals surface area contributed by atoms with Crippen molar-refractivity contribution in [1.29, 1.82) is 5.26 Å². The van der Waals surface area contributed by atoms with Crippen molar-refractivity contribution in [3.8, 4) is 6.07 Å². The zero-order chi connectivity index (χ0) is 14.6. The first kappa shape index (κ1) is 14.1. The SMILES string of the molecule is CC(C)(CNc1ccc(C#N)cc1F)c1ccccc1. The first-order valence-corrected chi connectivity index (χ1v) is 6.52. The molecule has 0 spiro atoms. The van der Waals surface area contributed by atoms with Gasteiger partial charge in [0.15, 0.2) is 0 Å². The van der Waals surface area contributed by atoms with Gasteiger partial charge in [0.05, 0.1) is 17.3 Å². The fourth-order valence-electron chi connectivity index (χ4n) is 2.04. The van der Waals surface area contributed by atoms with Gasteiger partial charge in [-0.15, -0.1) is 0 Å². The Kier molecular flexibility index (Phi) is 4.05. The van der Waals surface area contributed by atoms with Gasteiger partial charge in [0.1, 0.15) is 5.82 Å². The van der Waals surface area contributed by atoms with E-state index in [1.165, 1.54) is 11.6 Å². The summed E-state index contributed by atoms with van der Waals surface area (Å²) in [4.78, 5) is 0. The molecular formula is C17H17FN2. The zero-order valence-corrected chi connectivity index (χ0v) is 11.7. The third-order valence-corrected chi connectivity index (χ3v) is 3.37. The Morgan fingerprint density at radius 3 is 2.45 bits per heavy atom. The monoisotopic (exact) mass is 268 g/mol. The van der Waals surface area contributed by atoms with Gasteiger partial charge in [-0.2, -0.15) is 5.26 Å². The Morgan fingerprint density at radius 1 is 1.15 bits per heavy atom. The van der Waals surface area contributed by atoms with Gasteiger partial charge in [-0.1, -0.05) is 44.2 Å². The van der Waals surface area contributed by atoms with Crippen molar-refractivity contribution in [2.45, 2.75) is 19.3 Å². The van der Waals surface area contributed by atoms with Crippen molar-refractivity contribution in [3.05, 3.63) is 65.5 Å². The van der Waals surface area contributed by atoms with Crippen LogP contribution in [-0.2, 0) is 5.41 Å². The predicted molar refractivity (Wildman–Crippen MR) is 79.1 cm³/mol. The maximum atomic E-state index is 13.8. The van der Waals surface area contributed by atoms with E-state index in [2.05, 4.69) is 31.3 Å². The van der Waals surface area contributed by atoms with Crippen LogP contribution in [0.2, 0.25) is 0 Å². The molecule has 0 saturated heterocycles. The molecule has 0 heterocycles. The average Bonchev–Trinajstić information content (AvgIpc) is 2.47.